The molecule has 0 N–H and O–H groups in total. The van der Waals surface area contributed by atoms with E-state index in [-0.39, 0.29) is 12.0 Å². The summed E-state index contributed by atoms with van der Waals surface area (Å²) in [4.78, 5) is 27.4. The number of hydrogen-bond donors (Lipinski definition) is 0. The standard InChI is InChI=1S/C15H26N2O3/c1-2-20-15(19)17-10-8-16(9-11-17)14(18)12-13-6-4-3-5-7-13/h13H,2-12H2,1H3. The van der Waals surface area contributed by atoms with E-state index in [2.05, 4.69) is 0 Å². The van der Waals surface area contributed by atoms with E-state index in [4.69, 9.17) is 4.74 Å². The minimum atomic E-state index is -0.258. The first kappa shape index (κ1) is 15.1. The van der Waals surface area contributed by atoms with Gasteiger partial charge in [-0.2, -0.15) is 0 Å². The van der Waals surface area contributed by atoms with Gasteiger partial charge < -0.3 is 14.5 Å². The lowest BCUT2D eigenvalue weighted by Gasteiger charge is -2.35. The van der Waals surface area contributed by atoms with Gasteiger partial charge in [-0.05, 0) is 25.7 Å². The summed E-state index contributed by atoms with van der Waals surface area (Å²) < 4.78 is 4.98. The lowest BCUT2D eigenvalue weighted by atomic mass is 9.86. The summed E-state index contributed by atoms with van der Waals surface area (Å²) in [6.07, 6.45) is 6.71. The lowest BCUT2D eigenvalue weighted by Crippen LogP contribution is -2.51. The molecule has 1 heterocycles. The van der Waals surface area contributed by atoms with Gasteiger partial charge in [-0.3, -0.25) is 4.79 Å². The van der Waals surface area contributed by atoms with Gasteiger partial charge in [0.05, 0.1) is 6.61 Å². The number of carbonyl (C=O) groups is 2. The van der Waals surface area contributed by atoms with E-state index < -0.39 is 0 Å². The smallest absolute Gasteiger partial charge is 0.409 e. The highest BCUT2D eigenvalue weighted by Gasteiger charge is 2.26. The van der Waals surface area contributed by atoms with Crippen LogP contribution in [0.25, 0.3) is 0 Å². The highest BCUT2D eigenvalue weighted by Crippen LogP contribution is 2.27. The Kier molecular flexibility index (Phi) is 5.68. The minimum absolute atomic E-state index is 0.258. The molecule has 2 rings (SSSR count). The predicted octanol–water partition coefficient (Wildman–Crippen LogP) is 2.26. The Labute approximate surface area is 121 Å². The zero-order valence-corrected chi connectivity index (χ0v) is 12.5. The molecule has 0 unspecified atom stereocenters. The maximum Gasteiger partial charge on any atom is 0.409 e. The number of hydrogen-bond acceptors (Lipinski definition) is 3. The van der Waals surface area contributed by atoms with Gasteiger partial charge >= 0.3 is 6.09 Å². The second-order valence-electron chi connectivity index (χ2n) is 5.77. The summed E-state index contributed by atoms with van der Waals surface area (Å²) in [5.41, 5.74) is 0. The topological polar surface area (TPSA) is 49.9 Å². The van der Waals surface area contributed by atoms with E-state index in [1.165, 1.54) is 32.1 Å². The molecule has 0 aromatic rings. The Morgan fingerprint density at radius 3 is 2.20 bits per heavy atom. The van der Waals surface area contributed by atoms with Crippen LogP contribution in [0.15, 0.2) is 0 Å². The number of amides is 2. The summed E-state index contributed by atoms with van der Waals surface area (Å²) in [7, 11) is 0. The summed E-state index contributed by atoms with van der Waals surface area (Å²) in [5, 5.41) is 0. The van der Waals surface area contributed by atoms with Crippen molar-refractivity contribution in [3.05, 3.63) is 0 Å². The average molecular weight is 282 g/mol. The second kappa shape index (κ2) is 7.50. The lowest BCUT2D eigenvalue weighted by molar-refractivity contribution is -0.134. The monoisotopic (exact) mass is 282 g/mol. The third-order valence-corrected chi connectivity index (χ3v) is 4.35. The molecule has 0 atom stereocenters. The van der Waals surface area contributed by atoms with E-state index in [1.54, 1.807) is 4.90 Å². The molecule has 1 saturated carbocycles. The maximum atomic E-state index is 12.3. The highest BCUT2D eigenvalue weighted by atomic mass is 16.6. The van der Waals surface area contributed by atoms with Crippen LogP contribution in [0.2, 0.25) is 0 Å². The van der Waals surface area contributed by atoms with E-state index in [0.717, 1.165) is 0 Å². The van der Waals surface area contributed by atoms with Crippen molar-refractivity contribution >= 4 is 12.0 Å². The molecular formula is C15H26N2O3. The van der Waals surface area contributed by atoms with Crippen molar-refractivity contribution in [3.63, 3.8) is 0 Å². The zero-order chi connectivity index (χ0) is 14.4. The molecule has 2 aliphatic rings. The van der Waals surface area contributed by atoms with Crippen LogP contribution >= 0.6 is 0 Å². The fourth-order valence-electron chi connectivity index (χ4n) is 3.12. The molecule has 0 bridgehead atoms. The van der Waals surface area contributed by atoms with Gasteiger partial charge in [-0.25, -0.2) is 4.79 Å². The first-order valence-corrected chi connectivity index (χ1v) is 7.90. The summed E-state index contributed by atoms with van der Waals surface area (Å²) in [5.74, 6) is 0.847. The molecule has 0 aromatic heterocycles. The fraction of sp³-hybridized carbons (Fsp3) is 0.867. The molecule has 1 aliphatic carbocycles. The zero-order valence-electron chi connectivity index (χ0n) is 12.5. The second-order valence-corrected chi connectivity index (χ2v) is 5.77. The van der Waals surface area contributed by atoms with Crippen LogP contribution < -0.4 is 0 Å². The van der Waals surface area contributed by atoms with E-state index in [9.17, 15) is 9.59 Å². The van der Waals surface area contributed by atoms with Crippen molar-refractivity contribution in [1.82, 2.24) is 9.80 Å². The molecule has 114 valence electrons. The van der Waals surface area contributed by atoms with E-state index in [0.29, 0.717) is 45.1 Å². The maximum absolute atomic E-state index is 12.3. The molecule has 20 heavy (non-hydrogen) atoms. The summed E-state index contributed by atoms with van der Waals surface area (Å²) in [6.45, 7) is 4.68. The van der Waals surface area contributed by atoms with Crippen molar-refractivity contribution in [2.45, 2.75) is 45.4 Å². The normalized spacial score (nSPS) is 20.9. The van der Waals surface area contributed by atoms with Crippen LogP contribution in [0, 0.1) is 5.92 Å². The largest absolute Gasteiger partial charge is 0.450 e. The SMILES string of the molecule is CCOC(=O)N1CCN(C(=O)CC2CCCCC2)CC1. The van der Waals surface area contributed by atoms with E-state index >= 15 is 0 Å². The molecule has 1 saturated heterocycles. The molecule has 0 radical (unpaired) electrons. The van der Waals surface area contributed by atoms with Gasteiger partial charge in [0.1, 0.15) is 0 Å². The van der Waals surface area contributed by atoms with Crippen molar-refractivity contribution in [2.75, 3.05) is 32.8 Å². The molecule has 2 amide bonds. The van der Waals surface area contributed by atoms with Gasteiger partial charge in [-0.15, -0.1) is 0 Å². The Balaban J connectivity index is 1.72. The van der Waals surface area contributed by atoms with Gasteiger partial charge in [0.15, 0.2) is 0 Å². The molecular weight excluding hydrogens is 256 g/mol. The van der Waals surface area contributed by atoms with Gasteiger partial charge in [0, 0.05) is 32.6 Å². The Morgan fingerprint density at radius 2 is 1.60 bits per heavy atom. The van der Waals surface area contributed by atoms with Crippen LogP contribution in [0.4, 0.5) is 4.79 Å². The molecule has 5 heteroatoms. The number of nitrogens with zero attached hydrogens (tertiary/aromatic N) is 2. The molecule has 2 fully saturated rings. The van der Waals surface area contributed by atoms with Crippen molar-refractivity contribution in [1.29, 1.82) is 0 Å². The number of carbonyl (C=O) groups excluding carboxylic acids is 2. The quantitative estimate of drug-likeness (QED) is 0.798. The number of piperazine rings is 1. The Morgan fingerprint density at radius 1 is 1.00 bits per heavy atom. The molecule has 0 spiro atoms. The molecule has 1 aliphatic heterocycles. The molecule has 5 nitrogen and oxygen atoms in total. The Hall–Kier alpha value is -1.26. The van der Waals surface area contributed by atoms with Crippen molar-refractivity contribution < 1.29 is 14.3 Å². The van der Waals surface area contributed by atoms with Crippen LogP contribution in [0.1, 0.15) is 45.4 Å². The van der Waals surface area contributed by atoms with Gasteiger partial charge in [0.25, 0.3) is 0 Å². The van der Waals surface area contributed by atoms with Crippen molar-refractivity contribution in [2.24, 2.45) is 5.92 Å². The minimum Gasteiger partial charge on any atom is -0.450 e. The van der Waals surface area contributed by atoms with Crippen LogP contribution in [-0.2, 0) is 9.53 Å². The van der Waals surface area contributed by atoms with Gasteiger partial charge in [-0.1, -0.05) is 19.3 Å². The number of rotatable bonds is 3. The Bertz CT molecular complexity index is 332. The first-order valence-electron chi connectivity index (χ1n) is 7.90. The van der Waals surface area contributed by atoms with Crippen molar-refractivity contribution in [3.8, 4) is 0 Å². The number of ether oxygens (including phenoxy) is 1. The third kappa shape index (κ3) is 4.12. The van der Waals surface area contributed by atoms with Crippen LogP contribution in [0.3, 0.4) is 0 Å². The first-order chi connectivity index (χ1) is 9.70. The van der Waals surface area contributed by atoms with Crippen LogP contribution in [0.5, 0.6) is 0 Å². The average Bonchev–Trinajstić information content (AvgIpc) is 2.48. The fourth-order valence-corrected chi connectivity index (χ4v) is 3.12. The van der Waals surface area contributed by atoms with E-state index in [1.807, 2.05) is 11.8 Å². The predicted molar refractivity (Wildman–Crippen MR) is 76.4 cm³/mol. The summed E-state index contributed by atoms with van der Waals surface area (Å²) in [6, 6.07) is 0. The highest BCUT2D eigenvalue weighted by molar-refractivity contribution is 5.77. The van der Waals surface area contributed by atoms with Gasteiger partial charge in [0.2, 0.25) is 5.91 Å². The summed E-state index contributed by atoms with van der Waals surface area (Å²) >= 11 is 0. The third-order valence-electron chi connectivity index (χ3n) is 4.35. The van der Waals surface area contributed by atoms with Crippen LogP contribution in [-0.4, -0.2) is 54.6 Å². The molecule has 0 aromatic carbocycles.